The highest BCUT2D eigenvalue weighted by Crippen LogP contribution is 2.28. The molecule has 1 aromatic heterocycles. The quantitative estimate of drug-likeness (QED) is 0.914. The first-order chi connectivity index (χ1) is 9.27. The van der Waals surface area contributed by atoms with Crippen molar-refractivity contribution in [2.24, 2.45) is 18.4 Å². The van der Waals surface area contributed by atoms with Gasteiger partial charge in [0.15, 0.2) is 0 Å². The first-order valence-electron chi connectivity index (χ1n) is 7.60. The Hall–Kier alpha value is -0.940. The van der Waals surface area contributed by atoms with Crippen LogP contribution in [0.3, 0.4) is 0 Å². The fourth-order valence-electron chi connectivity index (χ4n) is 2.99. The number of hydrogen-bond donors (Lipinski definition) is 1. The highest BCUT2D eigenvalue weighted by molar-refractivity contribution is 4.98. The third-order valence-electron chi connectivity index (χ3n) is 4.26. The molecule has 0 spiro atoms. The molecule has 114 valence electrons. The van der Waals surface area contributed by atoms with Crippen LogP contribution in [0.25, 0.3) is 0 Å². The Kier molecular flexibility index (Phi) is 4.49. The molecule has 5 heteroatoms. The van der Waals surface area contributed by atoms with Gasteiger partial charge >= 0.3 is 0 Å². The summed E-state index contributed by atoms with van der Waals surface area (Å²) < 4.78 is 1.78. The van der Waals surface area contributed by atoms with Crippen molar-refractivity contribution in [1.29, 1.82) is 0 Å². The maximum absolute atomic E-state index is 4.25. The summed E-state index contributed by atoms with van der Waals surface area (Å²) in [7, 11) is 1.92. The van der Waals surface area contributed by atoms with E-state index in [1.165, 1.54) is 0 Å². The van der Waals surface area contributed by atoms with E-state index < -0.39 is 0 Å². The molecule has 0 aromatic carbocycles. The average molecular weight is 279 g/mol. The zero-order valence-corrected chi connectivity index (χ0v) is 13.7. The maximum Gasteiger partial charge on any atom is 0.0967 e. The molecule has 1 aliphatic heterocycles. The lowest BCUT2D eigenvalue weighted by Gasteiger charge is -2.47. The Bertz CT molecular complexity index is 432. The van der Waals surface area contributed by atoms with Gasteiger partial charge in [0.25, 0.3) is 0 Å². The van der Waals surface area contributed by atoms with Crippen LogP contribution >= 0.6 is 0 Å². The molecule has 1 fully saturated rings. The lowest BCUT2D eigenvalue weighted by atomic mass is 9.83. The van der Waals surface area contributed by atoms with Gasteiger partial charge in [-0.3, -0.25) is 9.58 Å². The van der Waals surface area contributed by atoms with E-state index in [4.69, 9.17) is 0 Å². The van der Waals surface area contributed by atoms with E-state index in [0.717, 1.165) is 25.3 Å². The molecule has 0 bridgehead atoms. The van der Waals surface area contributed by atoms with Gasteiger partial charge in [-0.25, -0.2) is 0 Å². The number of nitrogens with one attached hydrogen (secondary N) is 1. The minimum Gasteiger partial charge on any atom is -0.311 e. The Morgan fingerprint density at radius 2 is 2.10 bits per heavy atom. The Balaban J connectivity index is 2.13. The van der Waals surface area contributed by atoms with Crippen molar-refractivity contribution in [2.75, 3.05) is 13.1 Å². The van der Waals surface area contributed by atoms with Gasteiger partial charge in [0.2, 0.25) is 0 Å². The normalized spacial score (nSPS) is 25.4. The second-order valence-corrected chi connectivity index (χ2v) is 7.45. The van der Waals surface area contributed by atoms with Gasteiger partial charge in [0, 0.05) is 45.0 Å². The van der Waals surface area contributed by atoms with Crippen molar-refractivity contribution in [3.8, 4) is 0 Å². The van der Waals surface area contributed by atoms with Gasteiger partial charge in [-0.1, -0.05) is 39.8 Å². The minimum atomic E-state index is 0.261. The molecule has 0 radical (unpaired) electrons. The van der Waals surface area contributed by atoms with Gasteiger partial charge in [0.1, 0.15) is 0 Å². The third-order valence-corrected chi connectivity index (χ3v) is 4.26. The second-order valence-electron chi connectivity index (χ2n) is 7.45. The van der Waals surface area contributed by atoms with E-state index in [-0.39, 0.29) is 5.41 Å². The van der Waals surface area contributed by atoms with Crippen LogP contribution < -0.4 is 5.32 Å². The maximum atomic E-state index is 4.25. The molecular formula is C15H29N5. The molecule has 1 aliphatic rings. The predicted molar refractivity (Wildman–Crippen MR) is 81.3 cm³/mol. The molecule has 0 aliphatic carbocycles. The molecule has 2 atom stereocenters. The highest BCUT2D eigenvalue weighted by Gasteiger charge is 2.36. The molecule has 0 saturated carbocycles. The molecule has 2 unspecified atom stereocenters. The molecule has 2 rings (SSSR count). The second kappa shape index (κ2) is 5.82. The lowest BCUT2D eigenvalue weighted by molar-refractivity contribution is 0.0391. The number of aromatic nitrogens is 3. The Labute approximate surface area is 122 Å². The summed E-state index contributed by atoms with van der Waals surface area (Å²) >= 11 is 0. The molecule has 1 N–H and O–H groups in total. The highest BCUT2D eigenvalue weighted by atomic mass is 15.4. The molecule has 2 heterocycles. The van der Waals surface area contributed by atoms with Gasteiger partial charge < -0.3 is 5.32 Å². The number of nitrogens with zero attached hydrogens (tertiary/aromatic N) is 4. The fourth-order valence-corrected chi connectivity index (χ4v) is 2.99. The van der Waals surface area contributed by atoms with Crippen LogP contribution in [0.15, 0.2) is 6.20 Å². The summed E-state index contributed by atoms with van der Waals surface area (Å²) in [4.78, 5) is 2.57. The van der Waals surface area contributed by atoms with E-state index in [0.29, 0.717) is 18.0 Å². The topological polar surface area (TPSA) is 46.0 Å². The summed E-state index contributed by atoms with van der Waals surface area (Å²) in [5.41, 5.74) is 1.32. The Morgan fingerprint density at radius 3 is 2.60 bits per heavy atom. The van der Waals surface area contributed by atoms with Gasteiger partial charge in [-0.05, 0) is 11.3 Å². The summed E-state index contributed by atoms with van der Waals surface area (Å²) in [6, 6.07) is 1.09. The lowest BCUT2D eigenvalue weighted by Crippen LogP contribution is -2.61. The van der Waals surface area contributed by atoms with E-state index in [2.05, 4.69) is 55.1 Å². The number of piperazine rings is 1. The van der Waals surface area contributed by atoms with Crippen LogP contribution in [0, 0.1) is 11.3 Å². The van der Waals surface area contributed by atoms with Crippen LogP contribution in [0.5, 0.6) is 0 Å². The number of rotatable bonds is 3. The van der Waals surface area contributed by atoms with Crippen LogP contribution in [0.4, 0.5) is 0 Å². The van der Waals surface area contributed by atoms with Gasteiger partial charge in [0.05, 0.1) is 5.69 Å². The molecule has 1 saturated heterocycles. The van der Waals surface area contributed by atoms with Crippen molar-refractivity contribution in [1.82, 2.24) is 25.2 Å². The summed E-state index contributed by atoms with van der Waals surface area (Å²) in [5.74, 6) is 0.653. The van der Waals surface area contributed by atoms with Crippen LogP contribution in [-0.4, -0.2) is 45.1 Å². The zero-order valence-electron chi connectivity index (χ0n) is 13.7. The predicted octanol–water partition coefficient (Wildman–Crippen LogP) is 1.66. The van der Waals surface area contributed by atoms with E-state index in [9.17, 15) is 0 Å². The standard InChI is InChI=1S/C15H29N5/c1-11(2)13-10-20(9-12-8-19(6)18-17-12)14(7-16-13)15(3,4)5/h8,11,13-14,16H,7,9-10H2,1-6H3. The van der Waals surface area contributed by atoms with Crippen LogP contribution in [0.1, 0.15) is 40.3 Å². The van der Waals surface area contributed by atoms with E-state index in [1.807, 2.05) is 13.2 Å². The summed E-state index contributed by atoms with van der Waals surface area (Å²) in [6.45, 7) is 14.5. The van der Waals surface area contributed by atoms with E-state index >= 15 is 0 Å². The largest absolute Gasteiger partial charge is 0.311 e. The van der Waals surface area contributed by atoms with Crippen molar-refractivity contribution < 1.29 is 0 Å². The molecule has 5 nitrogen and oxygen atoms in total. The van der Waals surface area contributed by atoms with Gasteiger partial charge in [-0.15, -0.1) is 5.10 Å². The molecule has 1 aromatic rings. The van der Waals surface area contributed by atoms with Crippen LogP contribution in [-0.2, 0) is 13.6 Å². The van der Waals surface area contributed by atoms with Crippen LogP contribution in [0.2, 0.25) is 0 Å². The van der Waals surface area contributed by atoms with Crippen molar-refractivity contribution >= 4 is 0 Å². The Morgan fingerprint density at radius 1 is 1.40 bits per heavy atom. The van der Waals surface area contributed by atoms with E-state index in [1.54, 1.807) is 4.68 Å². The SMILES string of the molecule is CC(C)C1CN(Cc2cn(C)nn2)C(C(C)(C)C)CN1. The first kappa shape index (κ1) is 15.4. The van der Waals surface area contributed by atoms with Crippen molar-refractivity contribution in [2.45, 2.75) is 53.2 Å². The minimum absolute atomic E-state index is 0.261. The smallest absolute Gasteiger partial charge is 0.0967 e. The summed E-state index contributed by atoms with van der Waals surface area (Å²) in [5, 5.41) is 12.0. The third kappa shape index (κ3) is 3.58. The average Bonchev–Trinajstić information content (AvgIpc) is 2.73. The number of hydrogen-bond acceptors (Lipinski definition) is 4. The summed E-state index contributed by atoms with van der Waals surface area (Å²) in [6.07, 6.45) is 2.02. The van der Waals surface area contributed by atoms with Crippen molar-refractivity contribution in [3.63, 3.8) is 0 Å². The van der Waals surface area contributed by atoms with Crippen molar-refractivity contribution in [3.05, 3.63) is 11.9 Å². The first-order valence-corrected chi connectivity index (χ1v) is 7.60. The fraction of sp³-hybridized carbons (Fsp3) is 0.867. The molecule has 0 amide bonds. The zero-order chi connectivity index (χ0) is 14.9. The molecule has 20 heavy (non-hydrogen) atoms. The van der Waals surface area contributed by atoms with Gasteiger partial charge in [-0.2, -0.15) is 0 Å². The monoisotopic (exact) mass is 279 g/mol. The number of aryl methyl sites for hydroxylation is 1. The molecular weight excluding hydrogens is 250 g/mol.